The molecular formula is C29H24N2O6S3. The Balaban J connectivity index is 1.31. The van der Waals surface area contributed by atoms with E-state index in [2.05, 4.69) is 4.98 Å². The second-order valence-electron chi connectivity index (χ2n) is 8.72. The predicted octanol–water partition coefficient (Wildman–Crippen LogP) is 6.20. The van der Waals surface area contributed by atoms with Gasteiger partial charge in [-0.3, -0.25) is 14.5 Å². The van der Waals surface area contributed by atoms with E-state index in [0.29, 0.717) is 47.5 Å². The number of amides is 1. The molecule has 40 heavy (non-hydrogen) atoms. The van der Waals surface area contributed by atoms with Gasteiger partial charge in [-0.05, 0) is 48.7 Å². The molecule has 0 radical (unpaired) electrons. The molecule has 0 spiro atoms. The van der Waals surface area contributed by atoms with Crippen molar-refractivity contribution in [2.75, 3.05) is 13.2 Å². The summed E-state index contributed by atoms with van der Waals surface area (Å²) < 4.78 is 18.2. The van der Waals surface area contributed by atoms with Crippen LogP contribution in [-0.2, 0) is 22.6 Å². The van der Waals surface area contributed by atoms with E-state index >= 15 is 0 Å². The summed E-state index contributed by atoms with van der Waals surface area (Å²) in [5.74, 6) is 0.879. The van der Waals surface area contributed by atoms with Gasteiger partial charge < -0.3 is 19.0 Å². The number of hydrogen-bond donors (Lipinski definition) is 1. The lowest BCUT2D eigenvalue weighted by Crippen LogP contribution is -2.33. The zero-order valence-corrected chi connectivity index (χ0v) is 23.8. The normalized spacial score (nSPS) is 14.2. The molecule has 8 nitrogen and oxygen atoms in total. The fourth-order valence-electron chi connectivity index (χ4n) is 3.93. The number of aliphatic carboxylic acids is 1. The van der Waals surface area contributed by atoms with Gasteiger partial charge in [0.25, 0.3) is 5.91 Å². The average Bonchev–Trinajstić information content (AvgIpc) is 3.66. The van der Waals surface area contributed by atoms with Crippen LogP contribution < -0.4 is 9.47 Å². The van der Waals surface area contributed by atoms with Crippen LogP contribution in [0, 0.1) is 6.92 Å². The lowest BCUT2D eigenvalue weighted by atomic mass is 10.1. The first-order chi connectivity index (χ1) is 19.4. The second kappa shape index (κ2) is 12.5. The summed E-state index contributed by atoms with van der Waals surface area (Å²) in [5.41, 5.74) is 2.40. The van der Waals surface area contributed by atoms with E-state index in [-0.39, 0.29) is 4.32 Å². The molecular weight excluding hydrogens is 569 g/mol. The molecule has 1 aliphatic heterocycles. The lowest BCUT2D eigenvalue weighted by molar-refractivity contribution is -0.140. The van der Waals surface area contributed by atoms with Crippen molar-refractivity contribution < 1.29 is 28.6 Å². The Kier molecular flexibility index (Phi) is 8.63. The molecule has 2 aromatic heterocycles. The van der Waals surface area contributed by atoms with E-state index in [1.165, 1.54) is 0 Å². The SMILES string of the molecule is Cc1oc(-c2ccccc2)nc1CCOc1ccc(C=C2SC(=S)N(CC(=O)O)C2=O)c(OCc2cccs2)c1. The maximum absolute atomic E-state index is 12.8. The maximum Gasteiger partial charge on any atom is 0.323 e. The molecule has 1 amide bonds. The van der Waals surface area contributed by atoms with Crippen molar-refractivity contribution >= 4 is 57.6 Å². The van der Waals surface area contributed by atoms with Gasteiger partial charge in [0.1, 0.15) is 34.7 Å². The molecule has 204 valence electrons. The number of benzene rings is 2. The molecule has 1 fully saturated rings. The lowest BCUT2D eigenvalue weighted by Gasteiger charge is -2.12. The number of ether oxygens (including phenoxy) is 2. The van der Waals surface area contributed by atoms with Gasteiger partial charge >= 0.3 is 5.97 Å². The van der Waals surface area contributed by atoms with Crippen molar-refractivity contribution in [3.8, 4) is 23.0 Å². The number of rotatable bonds is 11. The highest BCUT2D eigenvalue weighted by molar-refractivity contribution is 8.26. The molecule has 5 rings (SSSR count). The molecule has 11 heteroatoms. The minimum Gasteiger partial charge on any atom is -0.493 e. The number of aryl methyl sites for hydroxylation is 1. The van der Waals surface area contributed by atoms with Crippen LogP contribution in [-0.4, -0.2) is 44.3 Å². The topological polar surface area (TPSA) is 102 Å². The smallest absolute Gasteiger partial charge is 0.323 e. The van der Waals surface area contributed by atoms with Crippen molar-refractivity contribution in [1.82, 2.24) is 9.88 Å². The first-order valence-electron chi connectivity index (χ1n) is 12.3. The third kappa shape index (κ3) is 6.61. The van der Waals surface area contributed by atoms with Crippen molar-refractivity contribution in [2.24, 2.45) is 0 Å². The van der Waals surface area contributed by atoms with E-state index in [1.807, 2.05) is 54.8 Å². The fourth-order valence-corrected chi connectivity index (χ4v) is 5.80. The fraction of sp³-hybridized carbons (Fsp3) is 0.172. The second-order valence-corrected chi connectivity index (χ2v) is 11.4. The number of thioether (sulfide) groups is 1. The number of thiophene rings is 1. The predicted molar refractivity (Wildman–Crippen MR) is 158 cm³/mol. The number of aromatic nitrogens is 1. The summed E-state index contributed by atoms with van der Waals surface area (Å²) >= 11 is 7.86. The third-order valence-corrected chi connectivity index (χ3v) is 8.14. The maximum atomic E-state index is 12.8. The highest BCUT2D eigenvalue weighted by atomic mass is 32.2. The van der Waals surface area contributed by atoms with E-state index in [0.717, 1.165) is 38.6 Å². The molecule has 3 heterocycles. The number of carboxylic acids is 1. The van der Waals surface area contributed by atoms with Crippen molar-refractivity contribution in [1.29, 1.82) is 0 Å². The highest BCUT2D eigenvalue weighted by Gasteiger charge is 2.33. The number of nitrogens with zero attached hydrogens (tertiary/aromatic N) is 2. The molecule has 0 atom stereocenters. The minimum absolute atomic E-state index is 0.207. The molecule has 2 aromatic carbocycles. The summed E-state index contributed by atoms with van der Waals surface area (Å²) in [6, 6.07) is 19.0. The van der Waals surface area contributed by atoms with Crippen LogP contribution in [0.2, 0.25) is 0 Å². The molecule has 0 unspecified atom stereocenters. The number of hydrogen-bond acceptors (Lipinski definition) is 9. The third-order valence-electron chi connectivity index (χ3n) is 5.91. The van der Waals surface area contributed by atoms with Gasteiger partial charge in [-0.1, -0.05) is 48.2 Å². The van der Waals surface area contributed by atoms with Crippen LogP contribution in [0.4, 0.5) is 0 Å². The van der Waals surface area contributed by atoms with Gasteiger partial charge in [-0.2, -0.15) is 0 Å². The number of oxazole rings is 1. The van der Waals surface area contributed by atoms with Crippen LogP contribution in [0.1, 0.15) is 21.9 Å². The van der Waals surface area contributed by atoms with E-state index in [4.69, 9.17) is 31.2 Å². The van der Waals surface area contributed by atoms with Gasteiger partial charge in [0.15, 0.2) is 0 Å². The Morgan fingerprint density at radius 1 is 1.15 bits per heavy atom. The number of carbonyl (C=O) groups excluding carboxylic acids is 1. The van der Waals surface area contributed by atoms with E-state index in [1.54, 1.807) is 35.6 Å². The molecule has 1 saturated heterocycles. The Labute approximate surface area is 244 Å². The summed E-state index contributed by atoms with van der Waals surface area (Å²) in [4.78, 5) is 31.0. The average molecular weight is 593 g/mol. The van der Waals surface area contributed by atoms with Crippen molar-refractivity contribution in [3.63, 3.8) is 0 Å². The summed E-state index contributed by atoms with van der Waals surface area (Å²) in [6.07, 6.45) is 2.22. The highest BCUT2D eigenvalue weighted by Crippen LogP contribution is 2.35. The molecule has 0 bridgehead atoms. The molecule has 4 aromatic rings. The molecule has 0 saturated carbocycles. The zero-order chi connectivity index (χ0) is 28.1. The van der Waals surface area contributed by atoms with Gasteiger partial charge in [0.2, 0.25) is 5.89 Å². The summed E-state index contributed by atoms with van der Waals surface area (Å²) in [6.45, 7) is 2.13. The largest absolute Gasteiger partial charge is 0.493 e. The van der Waals surface area contributed by atoms with Gasteiger partial charge in [0, 0.05) is 28.5 Å². The number of carbonyl (C=O) groups is 2. The quantitative estimate of drug-likeness (QED) is 0.161. The van der Waals surface area contributed by atoms with Gasteiger partial charge in [-0.15, -0.1) is 11.3 Å². The first kappa shape index (κ1) is 27.6. The Bertz CT molecular complexity index is 1560. The number of carboxylic acid groups (broad SMARTS) is 1. The van der Waals surface area contributed by atoms with Crippen LogP contribution in [0.5, 0.6) is 11.5 Å². The van der Waals surface area contributed by atoms with Crippen molar-refractivity contribution in [2.45, 2.75) is 20.0 Å². The van der Waals surface area contributed by atoms with Gasteiger partial charge in [-0.25, -0.2) is 4.98 Å². The Hall–Kier alpha value is -3.93. The van der Waals surface area contributed by atoms with Crippen LogP contribution in [0.15, 0.2) is 75.4 Å². The summed E-state index contributed by atoms with van der Waals surface area (Å²) in [7, 11) is 0. The van der Waals surface area contributed by atoms with Crippen LogP contribution in [0.3, 0.4) is 0 Å². The van der Waals surface area contributed by atoms with Gasteiger partial charge in [0.05, 0.1) is 17.2 Å². The minimum atomic E-state index is -1.13. The van der Waals surface area contributed by atoms with Crippen LogP contribution in [0.25, 0.3) is 17.5 Å². The molecule has 1 N–H and O–H groups in total. The molecule has 1 aliphatic rings. The Morgan fingerprint density at radius 2 is 1.98 bits per heavy atom. The standard InChI is InChI=1S/C29H24N2O6S3/c1-18-23(30-27(37-18)19-6-3-2-4-7-19)11-12-35-21-10-9-20(24(15-21)36-17-22-8-5-13-39-22)14-25-28(34)31(16-26(32)33)29(38)40-25/h2-10,13-15H,11-12,16-17H2,1H3,(H,32,33). The van der Waals surface area contributed by atoms with E-state index in [9.17, 15) is 9.59 Å². The van der Waals surface area contributed by atoms with Crippen molar-refractivity contribution in [3.05, 3.63) is 92.8 Å². The first-order valence-corrected chi connectivity index (χ1v) is 14.4. The Morgan fingerprint density at radius 3 is 2.73 bits per heavy atom. The molecule has 0 aliphatic carbocycles. The monoisotopic (exact) mass is 592 g/mol. The summed E-state index contributed by atoms with van der Waals surface area (Å²) in [5, 5.41) is 11.1. The number of thiocarbonyl (C=S) groups is 1. The van der Waals surface area contributed by atoms with E-state index < -0.39 is 18.4 Å². The zero-order valence-electron chi connectivity index (χ0n) is 21.4. The van der Waals surface area contributed by atoms with Crippen LogP contribution >= 0.6 is 35.3 Å².